The number of aromatic nitrogens is 3. The minimum absolute atomic E-state index is 0.586. The lowest BCUT2D eigenvalue weighted by Crippen LogP contribution is -2.00. The Morgan fingerprint density at radius 1 is 0.314 bits per heavy atom. The summed E-state index contributed by atoms with van der Waals surface area (Å²) in [6.07, 6.45) is 0. The summed E-state index contributed by atoms with van der Waals surface area (Å²) in [6.45, 7) is 0. The maximum atomic E-state index is 6.51. The summed E-state index contributed by atoms with van der Waals surface area (Å²) in [4.78, 5) is 15.3. The van der Waals surface area contributed by atoms with E-state index in [-0.39, 0.29) is 0 Å². The number of nitrogens with zero attached hydrogens (tertiary/aromatic N) is 3. The van der Waals surface area contributed by atoms with Crippen LogP contribution < -0.4 is 0 Å². The maximum Gasteiger partial charge on any atom is 0.164 e. The monoisotopic (exact) mass is 651 g/mol. The molecule has 0 unspecified atom stereocenters. The minimum Gasteiger partial charge on any atom is -0.456 e. The van der Waals surface area contributed by atoms with Crippen molar-refractivity contribution < 1.29 is 4.42 Å². The molecule has 10 rings (SSSR count). The van der Waals surface area contributed by atoms with Crippen molar-refractivity contribution in [3.05, 3.63) is 176 Å². The second-order valence-electron chi connectivity index (χ2n) is 12.9. The second kappa shape index (κ2) is 11.9. The Kier molecular flexibility index (Phi) is 6.78. The third-order valence-electron chi connectivity index (χ3n) is 9.67. The lowest BCUT2D eigenvalue weighted by atomic mass is 9.95. The van der Waals surface area contributed by atoms with Crippen molar-refractivity contribution in [2.45, 2.75) is 0 Å². The van der Waals surface area contributed by atoms with Crippen molar-refractivity contribution >= 4 is 43.5 Å². The molecule has 4 heteroatoms. The van der Waals surface area contributed by atoms with Crippen LogP contribution in [-0.2, 0) is 0 Å². The summed E-state index contributed by atoms with van der Waals surface area (Å²) in [5.74, 6) is 1.82. The number of fused-ring (bicyclic) bond motifs is 5. The van der Waals surface area contributed by atoms with Crippen LogP contribution >= 0.6 is 0 Å². The molecule has 10 aromatic rings. The van der Waals surface area contributed by atoms with Crippen LogP contribution in [0.25, 0.3) is 99.9 Å². The molecule has 0 saturated heterocycles. The Morgan fingerprint density at radius 2 is 0.843 bits per heavy atom. The first kappa shape index (κ1) is 29.0. The minimum atomic E-state index is 0.586. The number of rotatable bonds is 5. The van der Waals surface area contributed by atoms with Gasteiger partial charge in [0.2, 0.25) is 0 Å². The SMILES string of the molecule is c1ccc(-c2ccc3cc(-c4nc(-c5ccccc5)nc(-c5cc(-c6ccc7ccccc7c6)c6c(c5)oc5ccccc56)n4)ccc3c2)cc1. The van der Waals surface area contributed by atoms with Gasteiger partial charge in [0.15, 0.2) is 17.5 Å². The van der Waals surface area contributed by atoms with Gasteiger partial charge in [0.05, 0.1) is 0 Å². The predicted octanol–water partition coefficient (Wildman–Crippen LogP) is 12.4. The number of benzene rings is 8. The van der Waals surface area contributed by atoms with Gasteiger partial charge in [-0.25, -0.2) is 15.0 Å². The molecule has 0 N–H and O–H groups in total. The van der Waals surface area contributed by atoms with Crippen LogP contribution in [0.2, 0.25) is 0 Å². The highest BCUT2D eigenvalue weighted by Gasteiger charge is 2.19. The average Bonchev–Trinajstić information content (AvgIpc) is 3.59. The molecule has 0 fully saturated rings. The van der Waals surface area contributed by atoms with Crippen molar-refractivity contribution in [2.75, 3.05) is 0 Å². The van der Waals surface area contributed by atoms with Crippen LogP contribution in [0.5, 0.6) is 0 Å². The van der Waals surface area contributed by atoms with Gasteiger partial charge < -0.3 is 4.42 Å². The van der Waals surface area contributed by atoms with Crippen molar-refractivity contribution in [3.63, 3.8) is 0 Å². The molecular formula is C47H29N3O. The zero-order chi connectivity index (χ0) is 33.7. The summed E-state index contributed by atoms with van der Waals surface area (Å²) in [5, 5.41) is 6.82. The molecule has 0 radical (unpaired) electrons. The quantitative estimate of drug-likeness (QED) is 0.186. The summed E-state index contributed by atoms with van der Waals surface area (Å²) in [7, 11) is 0. The fourth-order valence-corrected chi connectivity index (χ4v) is 7.11. The van der Waals surface area contributed by atoms with Gasteiger partial charge in [-0.3, -0.25) is 0 Å². The van der Waals surface area contributed by atoms with E-state index in [0.29, 0.717) is 17.5 Å². The van der Waals surface area contributed by atoms with E-state index in [1.165, 1.54) is 21.9 Å². The molecule has 2 aromatic heterocycles. The first-order chi connectivity index (χ1) is 25.2. The van der Waals surface area contributed by atoms with Crippen LogP contribution in [0.1, 0.15) is 0 Å². The van der Waals surface area contributed by atoms with E-state index in [9.17, 15) is 0 Å². The van der Waals surface area contributed by atoms with Crippen LogP contribution in [0.4, 0.5) is 0 Å². The molecular weight excluding hydrogens is 623 g/mol. The van der Waals surface area contributed by atoms with Gasteiger partial charge in [0, 0.05) is 27.5 Å². The van der Waals surface area contributed by atoms with Crippen LogP contribution in [0.3, 0.4) is 0 Å². The van der Waals surface area contributed by atoms with Crippen molar-refractivity contribution in [1.29, 1.82) is 0 Å². The van der Waals surface area contributed by atoms with Gasteiger partial charge in [0.1, 0.15) is 11.2 Å². The third kappa shape index (κ3) is 5.22. The molecule has 0 aliphatic heterocycles. The van der Waals surface area contributed by atoms with Gasteiger partial charge in [0.25, 0.3) is 0 Å². The highest BCUT2D eigenvalue weighted by molar-refractivity contribution is 6.14. The zero-order valence-electron chi connectivity index (χ0n) is 27.5. The number of furan rings is 1. The number of hydrogen-bond donors (Lipinski definition) is 0. The van der Waals surface area contributed by atoms with Crippen molar-refractivity contribution in [3.8, 4) is 56.4 Å². The normalized spacial score (nSPS) is 11.5. The summed E-state index contributed by atoms with van der Waals surface area (Å²) in [5.41, 5.74) is 8.91. The fraction of sp³-hybridized carbons (Fsp3) is 0. The Labute approximate surface area is 294 Å². The molecule has 0 saturated carbocycles. The lowest BCUT2D eigenvalue weighted by molar-refractivity contribution is 0.669. The average molecular weight is 652 g/mol. The van der Waals surface area contributed by atoms with Gasteiger partial charge >= 0.3 is 0 Å². The van der Waals surface area contributed by atoms with Crippen molar-refractivity contribution in [1.82, 2.24) is 15.0 Å². The fourth-order valence-electron chi connectivity index (χ4n) is 7.11. The molecule has 8 aromatic carbocycles. The van der Waals surface area contributed by atoms with Gasteiger partial charge in [-0.1, -0.05) is 140 Å². The highest BCUT2D eigenvalue weighted by Crippen LogP contribution is 2.41. The maximum absolute atomic E-state index is 6.51. The third-order valence-corrected chi connectivity index (χ3v) is 9.67. The Hall–Kier alpha value is -6.91. The molecule has 0 bridgehead atoms. The van der Waals surface area contributed by atoms with E-state index >= 15 is 0 Å². The molecule has 0 aliphatic rings. The molecule has 4 nitrogen and oxygen atoms in total. The standard InChI is InChI=1S/C47H29N3O/c1-3-11-30(12-4-1)34-20-21-36-27-38(24-22-35(36)25-34)46-48-45(32-14-5-2-6-15-32)49-47(50-46)39-28-41(37-23-19-31-13-7-8-16-33(31)26-37)44-40-17-9-10-18-42(40)51-43(44)29-39/h1-29H. The first-order valence-electron chi connectivity index (χ1n) is 17.1. The number of hydrogen-bond acceptors (Lipinski definition) is 4. The largest absolute Gasteiger partial charge is 0.456 e. The molecule has 51 heavy (non-hydrogen) atoms. The van der Waals surface area contributed by atoms with Gasteiger partial charge in [-0.2, -0.15) is 0 Å². The van der Waals surface area contributed by atoms with E-state index in [2.05, 4.69) is 127 Å². The van der Waals surface area contributed by atoms with Crippen molar-refractivity contribution in [2.24, 2.45) is 0 Å². The molecule has 0 spiro atoms. The second-order valence-corrected chi connectivity index (χ2v) is 12.9. The molecule has 2 heterocycles. The Balaban J connectivity index is 1.17. The van der Waals surface area contributed by atoms with E-state index < -0.39 is 0 Å². The molecule has 0 aliphatic carbocycles. The van der Waals surface area contributed by atoms with Crippen LogP contribution in [0.15, 0.2) is 180 Å². The van der Waals surface area contributed by atoms with Gasteiger partial charge in [-0.05, 0) is 80.2 Å². The summed E-state index contributed by atoms with van der Waals surface area (Å²) in [6, 6.07) is 61.2. The summed E-state index contributed by atoms with van der Waals surface area (Å²) >= 11 is 0. The van der Waals surface area contributed by atoms with Gasteiger partial charge in [-0.15, -0.1) is 0 Å². The van der Waals surface area contributed by atoms with Crippen LogP contribution in [-0.4, -0.2) is 15.0 Å². The van der Waals surface area contributed by atoms with E-state index in [1.54, 1.807) is 0 Å². The summed E-state index contributed by atoms with van der Waals surface area (Å²) < 4.78 is 6.51. The molecule has 238 valence electrons. The first-order valence-corrected chi connectivity index (χ1v) is 17.1. The smallest absolute Gasteiger partial charge is 0.164 e. The van der Waals surface area contributed by atoms with E-state index in [4.69, 9.17) is 19.4 Å². The highest BCUT2D eigenvalue weighted by atomic mass is 16.3. The Morgan fingerprint density at radius 3 is 1.63 bits per heavy atom. The molecule has 0 atom stereocenters. The van der Waals surface area contributed by atoms with E-state index in [0.717, 1.165) is 60.5 Å². The number of para-hydroxylation sites is 1. The lowest BCUT2D eigenvalue weighted by Gasteiger charge is -2.12. The predicted molar refractivity (Wildman–Crippen MR) is 209 cm³/mol. The Bertz CT molecular complexity index is 2910. The van der Waals surface area contributed by atoms with E-state index in [1.807, 2.05) is 48.5 Å². The topological polar surface area (TPSA) is 51.8 Å². The molecule has 0 amide bonds. The van der Waals surface area contributed by atoms with Crippen LogP contribution in [0, 0.1) is 0 Å². The zero-order valence-corrected chi connectivity index (χ0v) is 27.5.